The van der Waals surface area contributed by atoms with E-state index in [-0.39, 0.29) is 21.4 Å². The number of halogens is 2. The van der Waals surface area contributed by atoms with E-state index in [4.69, 9.17) is 0 Å². The Morgan fingerprint density at radius 2 is 0.861 bits per heavy atom. The van der Waals surface area contributed by atoms with Crippen LogP contribution >= 0.6 is 31.9 Å². The van der Waals surface area contributed by atoms with Gasteiger partial charge in [0.15, 0.2) is 11.6 Å². The number of benzene rings is 3. The van der Waals surface area contributed by atoms with Gasteiger partial charge in [0.25, 0.3) is 20.0 Å². The molecule has 182 valence electrons. The fourth-order valence-electron chi connectivity index (χ4n) is 3.20. The second kappa shape index (κ2) is 9.27. The van der Waals surface area contributed by atoms with Crippen LogP contribution < -0.4 is 0 Å². The molecule has 0 saturated carbocycles. The van der Waals surface area contributed by atoms with Crippen molar-refractivity contribution in [3.05, 3.63) is 81.7 Å². The minimum Gasteiger partial charge on any atom is -0.199 e. The Morgan fingerprint density at radius 3 is 1.19 bits per heavy atom. The average Bonchev–Trinajstić information content (AvgIpc) is 3.56. The van der Waals surface area contributed by atoms with Crippen molar-refractivity contribution in [2.24, 2.45) is 0 Å². The molecule has 5 rings (SSSR count). The lowest BCUT2D eigenvalue weighted by atomic mass is 10.1. The van der Waals surface area contributed by atoms with E-state index in [9.17, 15) is 16.8 Å². The molecule has 0 aliphatic carbocycles. The lowest BCUT2D eigenvalue weighted by Crippen LogP contribution is -2.16. The third-order valence-corrected chi connectivity index (χ3v) is 9.16. The van der Waals surface area contributed by atoms with E-state index in [2.05, 4.69) is 62.9 Å². The fraction of sp³-hybridized carbons (Fsp3) is 0. The number of aromatic nitrogens is 8. The first-order chi connectivity index (χ1) is 17.2. The zero-order valence-electron chi connectivity index (χ0n) is 17.7. The van der Waals surface area contributed by atoms with Gasteiger partial charge in [-0.1, -0.05) is 56.1 Å². The van der Waals surface area contributed by atoms with E-state index < -0.39 is 20.0 Å². The largest absolute Gasteiger partial charge is 0.286 e. The first-order valence-corrected chi connectivity index (χ1v) is 14.3. The maximum Gasteiger partial charge on any atom is 0.286 e. The standard InChI is InChI=1S/C20H12Br2N8O4S2/c21-15-5-9-17(10-6-15)35(31,32)29-19(23-25-27-29)13-1-2-14(4-3-13)20-24-26-28-30(20)36(33,34)18-11-7-16(22)8-12-18/h1-12H. The summed E-state index contributed by atoms with van der Waals surface area (Å²) in [5.41, 5.74) is 0.749. The Labute approximate surface area is 221 Å². The van der Waals surface area contributed by atoms with E-state index >= 15 is 0 Å². The van der Waals surface area contributed by atoms with Crippen molar-refractivity contribution < 1.29 is 16.8 Å². The van der Waals surface area contributed by atoms with Gasteiger partial charge in [0, 0.05) is 20.1 Å². The van der Waals surface area contributed by atoms with Crippen molar-refractivity contribution in [1.29, 1.82) is 0 Å². The molecule has 2 aromatic heterocycles. The van der Waals surface area contributed by atoms with Crippen LogP contribution in [0.25, 0.3) is 22.8 Å². The molecule has 0 spiro atoms. The Hall–Kier alpha value is -3.34. The fourth-order valence-corrected chi connectivity index (χ4v) is 6.08. The van der Waals surface area contributed by atoms with Crippen molar-refractivity contribution in [2.75, 3.05) is 0 Å². The quantitative estimate of drug-likeness (QED) is 0.267. The first kappa shape index (κ1) is 24.4. The van der Waals surface area contributed by atoms with Crippen LogP contribution in [0.5, 0.6) is 0 Å². The highest BCUT2D eigenvalue weighted by atomic mass is 79.9. The molecule has 0 amide bonds. The summed E-state index contributed by atoms with van der Waals surface area (Å²) >= 11 is 6.54. The molecule has 0 N–H and O–H groups in total. The summed E-state index contributed by atoms with van der Waals surface area (Å²) in [7, 11) is -8.13. The molecule has 0 fully saturated rings. The lowest BCUT2D eigenvalue weighted by molar-refractivity contribution is 0.576. The van der Waals surface area contributed by atoms with Gasteiger partial charge in [-0.15, -0.1) is 18.4 Å². The minimum atomic E-state index is -4.06. The summed E-state index contributed by atoms with van der Waals surface area (Å²) < 4.78 is 55.2. The summed E-state index contributed by atoms with van der Waals surface area (Å²) in [5, 5.41) is 22.1. The number of hydrogen-bond acceptors (Lipinski definition) is 10. The van der Waals surface area contributed by atoms with Gasteiger partial charge in [0.1, 0.15) is 0 Å². The Kier molecular flexibility index (Phi) is 6.27. The molecule has 0 saturated heterocycles. The number of hydrogen-bond donors (Lipinski definition) is 0. The van der Waals surface area contributed by atoms with Gasteiger partial charge < -0.3 is 0 Å². The highest BCUT2D eigenvalue weighted by molar-refractivity contribution is 9.10. The summed E-state index contributed by atoms with van der Waals surface area (Å²) in [6, 6.07) is 18.3. The highest BCUT2D eigenvalue weighted by Crippen LogP contribution is 2.26. The molecular formula is C20H12Br2N8O4S2. The predicted octanol–water partition coefficient (Wildman–Crippen LogP) is 2.99. The lowest BCUT2D eigenvalue weighted by Gasteiger charge is -2.08. The van der Waals surface area contributed by atoms with Crippen LogP contribution in [-0.4, -0.2) is 56.1 Å². The van der Waals surface area contributed by atoms with Crippen LogP contribution in [0.4, 0.5) is 0 Å². The molecule has 0 aliphatic heterocycles. The van der Waals surface area contributed by atoms with Crippen molar-refractivity contribution in [3.63, 3.8) is 0 Å². The summed E-state index contributed by atoms with van der Waals surface area (Å²) in [6.07, 6.45) is 0. The van der Waals surface area contributed by atoms with Crippen molar-refractivity contribution >= 4 is 51.9 Å². The van der Waals surface area contributed by atoms with Crippen LogP contribution in [0, 0.1) is 0 Å². The molecule has 3 aromatic carbocycles. The molecule has 0 atom stereocenters. The maximum absolute atomic E-state index is 13.1. The van der Waals surface area contributed by atoms with Gasteiger partial charge in [-0.05, 0) is 69.4 Å². The van der Waals surface area contributed by atoms with Crippen molar-refractivity contribution in [2.45, 2.75) is 9.79 Å². The molecule has 0 aliphatic rings. The van der Waals surface area contributed by atoms with Gasteiger partial charge >= 0.3 is 0 Å². The highest BCUT2D eigenvalue weighted by Gasteiger charge is 2.26. The summed E-state index contributed by atoms with van der Waals surface area (Å²) in [6.45, 7) is 0. The average molecular weight is 652 g/mol. The van der Waals surface area contributed by atoms with Crippen LogP contribution in [0.1, 0.15) is 0 Å². The van der Waals surface area contributed by atoms with E-state index in [0.717, 1.165) is 17.1 Å². The number of nitrogens with zero attached hydrogens (tertiary/aromatic N) is 8. The van der Waals surface area contributed by atoms with Crippen LogP contribution in [0.3, 0.4) is 0 Å². The molecule has 36 heavy (non-hydrogen) atoms. The van der Waals surface area contributed by atoms with Crippen LogP contribution in [-0.2, 0) is 20.0 Å². The van der Waals surface area contributed by atoms with Gasteiger partial charge in [0.05, 0.1) is 9.79 Å². The number of tetrazole rings is 2. The zero-order chi connectivity index (χ0) is 25.5. The monoisotopic (exact) mass is 650 g/mol. The molecule has 2 heterocycles. The van der Waals surface area contributed by atoms with Crippen molar-refractivity contribution in [3.8, 4) is 22.8 Å². The van der Waals surface area contributed by atoms with E-state index in [0.29, 0.717) is 11.1 Å². The Bertz CT molecular complexity index is 1640. The molecular weight excluding hydrogens is 640 g/mol. The second-order valence-electron chi connectivity index (χ2n) is 7.19. The maximum atomic E-state index is 13.1. The third kappa shape index (κ3) is 4.36. The van der Waals surface area contributed by atoms with E-state index in [1.807, 2.05) is 0 Å². The van der Waals surface area contributed by atoms with E-state index in [1.165, 1.54) is 24.3 Å². The molecule has 5 aromatic rings. The Balaban J connectivity index is 1.50. The molecule has 12 nitrogen and oxygen atoms in total. The normalized spacial score (nSPS) is 12.1. The molecule has 0 unspecified atom stereocenters. The zero-order valence-corrected chi connectivity index (χ0v) is 22.5. The van der Waals surface area contributed by atoms with Gasteiger partial charge in [-0.2, -0.15) is 16.8 Å². The predicted molar refractivity (Wildman–Crippen MR) is 134 cm³/mol. The SMILES string of the molecule is O=S(=O)(c1ccc(Br)cc1)n1nnnc1-c1ccc(-c2nnnn2S(=O)(=O)c2ccc(Br)cc2)cc1. The van der Waals surface area contributed by atoms with Crippen LogP contribution in [0.2, 0.25) is 0 Å². The van der Waals surface area contributed by atoms with Gasteiger partial charge in [-0.25, -0.2) is 0 Å². The van der Waals surface area contributed by atoms with Gasteiger partial charge in [0.2, 0.25) is 0 Å². The topological polar surface area (TPSA) is 155 Å². The Morgan fingerprint density at radius 1 is 0.528 bits per heavy atom. The first-order valence-electron chi connectivity index (χ1n) is 9.88. The summed E-state index contributed by atoms with van der Waals surface area (Å²) in [5.74, 6) is -0.0434. The molecule has 0 radical (unpaired) electrons. The smallest absolute Gasteiger partial charge is 0.199 e. The second-order valence-corrected chi connectivity index (χ2v) is 12.6. The van der Waals surface area contributed by atoms with Crippen LogP contribution in [0.15, 0.2) is 91.5 Å². The van der Waals surface area contributed by atoms with E-state index in [1.54, 1.807) is 48.5 Å². The molecule has 16 heteroatoms. The summed E-state index contributed by atoms with van der Waals surface area (Å²) in [4.78, 5) is 0.0152. The van der Waals surface area contributed by atoms with Crippen molar-refractivity contribution in [1.82, 2.24) is 39.2 Å². The third-order valence-electron chi connectivity index (χ3n) is 4.96. The van der Waals surface area contributed by atoms with Gasteiger partial charge in [-0.3, -0.25) is 0 Å². The molecule has 0 bridgehead atoms. The number of rotatable bonds is 6. The minimum absolute atomic E-state index is 0.00759.